The molecule has 1 saturated heterocycles. The monoisotopic (exact) mass is 198 g/mol. The fraction of sp³-hybridized carbons (Fsp3) is 1.00. The summed E-state index contributed by atoms with van der Waals surface area (Å²) >= 11 is 0. The summed E-state index contributed by atoms with van der Waals surface area (Å²) in [4.78, 5) is 2.44. The highest BCUT2D eigenvalue weighted by Crippen LogP contribution is 2.19. The van der Waals surface area contributed by atoms with Gasteiger partial charge in [-0.3, -0.25) is 0 Å². The zero-order valence-electron chi connectivity index (χ0n) is 10.1. The topological polar surface area (TPSA) is 15.3 Å². The molecule has 0 aliphatic carbocycles. The average molecular weight is 198 g/mol. The number of nitrogens with one attached hydrogen (secondary N) is 1. The molecule has 84 valence electrons. The molecule has 0 aromatic carbocycles. The van der Waals surface area contributed by atoms with Crippen molar-refractivity contribution < 1.29 is 0 Å². The van der Waals surface area contributed by atoms with E-state index < -0.39 is 0 Å². The maximum atomic E-state index is 3.65. The second-order valence-corrected chi connectivity index (χ2v) is 4.74. The number of hydrogen-bond donors (Lipinski definition) is 1. The van der Waals surface area contributed by atoms with Crippen molar-refractivity contribution >= 4 is 0 Å². The zero-order valence-corrected chi connectivity index (χ0v) is 10.1. The summed E-state index contributed by atoms with van der Waals surface area (Å²) in [5.74, 6) is 0.906. The van der Waals surface area contributed by atoms with Crippen LogP contribution in [0.15, 0.2) is 0 Å². The molecule has 1 rings (SSSR count). The fourth-order valence-electron chi connectivity index (χ4n) is 2.20. The molecule has 0 bridgehead atoms. The van der Waals surface area contributed by atoms with Gasteiger partial charge in [0.2, 0.25) is 0 Å². The first-order chi connectivity index (χ1) is 6.74. The molecule has 1 aliphatic heterocycles. The van der Waals surface area contributed by atoms with Gasteiger partial charge in [0.25, 0.3) is 0 Å². The van der Waals surface area contributed by atoms with E-state index in [1.165, 1.54) is 45.3 Å². The van der Waals surface area contributed by atoms with Crippen LogP contribution in [-0.2, 0) is 0 Å². The van der Waals surface area contributed by atoms with Gasteiger partial charge in [0.05, 0.1) is 0 Å². The molecule has 0 saturated carbocycles. The van der Waals surface area contributed by atoms with Crippen LogP contribution in [0.5, 0.6) is 0 Å². The van der Waals surface area contributed by atoms with E-state index in [0.717, 1.165) is 12.0 Å². The second-order valence-electron chi connectivity index (χ2n) is 4.74. The predicted octanol–water partition coefficient (Wildman–Crippen LogP) is 2.11. The van der Waals surface area contributed by atoms with Crippen LogP contribution in [0.4, 0.5) is 0 Å². The molecule has 1 unspecified atom stereocenters. The van der Waals surface area contributed by atoms with Crippen LogP contribution in [0.2, 0.25) is 0 Å². The Labute approximate surface area is 89.1 Å². The predicted molar refractivity (Wildman–Crippen MR) is 62.6 cm³/mol. The van der Waals surface area contributed by atoms with E-state index in [9.17, 15) is 0 Å². The Balaban J connectivity index is 2.13. The Kier molecular flexibility index (Phi) is 5.49. The van der Waals surface area contributed by atoms with Crippen LogP contribution in [0.25, 0.3) is 0 Å². The Hall–Kier alpha value is -0.0800. The first-order valence-corrected chi connectivity index (χ1v) is 6.16. The van der Waals surface area contributed by atoms with Crippen molar-refractivity contribution in [3.05, 3.63) is 0 Å². The molecular weight excluding hydrogens is 172 g/mol. The molecule has 2 heteroatoms. The van der Waals surface area contributed by atoms with Crippen LogP contribution < -0.4 is 5.32 Å². The highest BCUT2D eigenvalue weighted by molar-refractivity contribution is 4.78. The second kappa shape index (κ2) is 6.41. The maximum absolute atomic E-state index is 3.65. The van der Waals surface area contributed by atoms with Crippen molar-refractivity contribution in [1.82, 2.24) is 10.2 Å². The molecule has 0 amide bonds. The van der Waals surface area contributed by atoms with Crippen LogP contribution in [-0.4, -0.2) is 37.6 Å². The zero-order chi connectivity index (χ0) is 10.4. The molecule has 1 aliphatic rings. The SMILES string of the molecule is CCCCNC(C)C1CCN(C)CC1. The minimum absolute atomic E-state index is 0.718. The summed E-state index contributed by atoms with van der Waals surface area (Å²) in [6.07, 6.45) is 5.36. The highest BCUT2D eigenvalue weighted by atomic mass is 15.1. The van der Waals surface area contributed by atoms with Crippen molar-refractivity contribution in [2.45, 2.75) is 45.6 Å². The first kappa shape index (κ1) is 12.0. The summed E-state index contributed by atoms with van der Waals surface area (Å²) in [5, 5.41) is 3.65. The standard InChI is InChI=1S/C12H26N2/c1-4-5-8-13-11(2)12-6-9-14(3)10-7-12/h11-13H,4-10H2,1-3H3. The third-order valence-corrected chi connectivity index (χ3v) is 3.47. The van der Waals surface area contributed by atoms with Crippen molar-refractivity contribution in [1.29, 1.82) is 0 Å². The van der Waals surface area contributed by atoms with Crippen molar-refractivity contribution in [2.75, 3.05) is 26.7 Å². The Morgan fingerprint density at radius 1 is 1.36 bits per heavy atom. The largest absolute Gasteiger partial charge is 0.314 e. The quantitative estimate of drug-likeness (QED) is 0.681. The number of piperidine rings is 1. The normalized spacial score (nSPS) is 22.5. The Morgan fingerprint density at radius 2 is 2.00 bits per heavy atom. The van der Waals surface area contributed by atoms with Crippen LogP contribution >= 0.6 is 0 Å². The van der Waals surface area contributed by atoms with Gasteiger partial charge in [0, 0.05) is 6.04 Å². The van der Waals surface area contributed by atoms with E-state index in [1.807, 2.05) is 0 Å². The molecule has 0 aromatic heterocycles. The van der Waals surface area contributed by atoms with Gasteiger partial charge in [-0.15, -0.1) is 0 Å². The molecule has 0 spiro atoms. The Morgan fingerprint density at radius 3 is 2.57 bits per heavy atom. The number of likely N-dealkylation sites (tertiary alicyclic amines) is 1. The van der Waals surface area contributed by atoms with Gasteiger partial charge in [-0.1, -0.05) is 13.3 Å². The summed E-state index contributed by atoms with van der Waals surface area (Å²) in [7, 11) is 2.23. The van der Waals surface area contributed by atoms with E-state index >= 15 is 0 Å². The van der Waals surface area contributed by atoms with Gasteiger partial charge < -0.3 is 10.2 Å². The van der Waals surface area contributed by atoms with E-state index in [1.54, 1.807) is 0 Å². The first-order valence-electron chi connectivity index (χ1n) is 6.16. The number of hydrogen-bond acceptors (Lipinski definition) is 2. The number of unbranched alkanes of at least 4 members (excludes halogenated alkanes) is 1. The van der Waals surface area contributed by atoms with Crippen LogP contribution in [0.3, 0.4) is 0 Å². The molecular formula is C12H26N2. The van der Waals surface area contributed by atoms with E-state index in [4.69, 9.17) is 0 Å². The fourth-order valence-corrected chi connectivity index (χ4v) is 2.20. The van der Waals surface area contributed by atoms with Crippen LogP contribution in [0.1, 0.15) is 39.5 Å². The molecule has 0 aromatic rings. The lowest BCUT2D eigenvalue weighted by Crippen LogP contribution is -2.40. The Bertz CT molecular complexity index is 139. The van der Waals surface area contributed by atoms with Crippen LogP contribution in [0, 0.1) is 5.92 Å². The molecule has 1 N–H and O–H groups in total. The van der Waals surface area contributed by atoms with E-state index in [-0.39, 0.29) is 0 Å². The molecule has 14 heavy (non-hydrogen) atoms. The summed E-state index contributed by atoms with van der Waals surface area (Å²) in [6, 6.07) is 0.718. The van der Waals surface area contributed by atoms with Crippen molar-refractivity contribution in [2.24, 2.45) is 5.92 Å². The third kappa shape index (κ3) is 3.97. The summed E-state index contributed by atoms with van der Waals surface area (Å²) in [5.41, 5.74) is 0. The van der Waals surface area contributed by atoms with Gasteiger partial charge in [0.1, 0.15) is 0 Å². The average Bonchev–Trinajstić information content (AvgIpc) is 2.19. The molecule has 0 radical (unpaired) electrons. The summed E-state index contributed by atoms with van der Waals surface area (Å²) in [6.45, 7) is 8.37. The smallest absolute Gasteiger partial charge is 0.00679 e. The lowest BCUT2D eigenvalue weighted by Gasteiger charge is -2.33. The van der Waals surface area contributed by atoms with Gasteiger partial charge >= 0.3 is 0 Å². The minimum Gasteiger partial charge on any atom is -0.314 e. The number of nitrogens with zero attached hydrogens (tertiary/aromatic N) is 1. The van der Waals surface area contributed by atoms with Gasteiger partial charge in [-0.25, -0.2) is 0 Å². The molecule has 1 atom stereocenters. The number of rotatable bonds is 5. The maximum Gasteiger partial charge on any atom is 0.00679 e. The van der Waals surface area contributed by atoms with Crippen molar-refractivity contribution in [3.8, 4) is 0 Å². The van der Waals surface area contributed by atoms with Gasteiger partial charge in [-0.2, -0.15) is 0 Å². The highest BCUT2D eigenvalue weighted by Gasteiger charge is 2.21. The van der Waals surface area contributed by atoms with E-state index in [2.05, 4.69) is 31.1 Å². The van der Waals surface area contributed by atoms with Crippen molar-refractivity contribution in [3.63, 3.8) is 0 Å². The van der Waals surface area contributed by atoms with E-state index in [0.29, 0.717) is 0 Å². The molecule has 2 nitrogen and oxygen atoms in total. The van der Waals surface area contributed by atoms with Gasteiger partial charge in [-0.05, 0) is 58.8 Å². The third-order valence-electron chi connectivity index (χ3n) is 3.47. The molecule has 1 heterocycles. The lowest BCUT2D eigenvalue weighted by molar-refractivity contribution is 0.190. The minimum atomic E-state index is 0.718. The molecule has 1 fully saturated rings. The summed E-state index contributed by atoms with van der Waals surface area (Å²) < 4.78 is 0. The lowest BCUT2D eigenvalue weighted by atomic mass is 9.90. The van der Waals surface area contributed by atoms with Gasteiger partial charge in [0.15, 0.2) is 0 Å².